The van der Waals surface area contributed by atoms with Crippen LogP contribution in [-0.4, -0.2) is 55.0 Å². The van der Waals surface area contributed by atoms with Gasteiger partial charge in [0.05, 0.1) is 6.10 Å². The Labute approximate surface area is 258 Å². The number of rotatable bonds is 10. The number of nitrogens with zero attached hydrogens (tertiary/aromatic N) is 1. The highest BCUT2D eigenvalue weighted by Crippen LogP contribution is 2.46. The van der Waals surface area contributed by atoms with E-state index in [0.717, 1.165) is 15.9 Å². The zero-order valence-corrected chi connectivity index (χ0v) is 28.6. The van der Waals surface area contributed by atoms with Crippen LogP contribution in [0.3, 0.4) is 0 Å². The molecule has 1 aliphatic rings. The summed E-state index contributed by atoms with van der Waals surface area (Å²) in [6, 6.07) is 29.3. The molecule has 3 aromatic carbocycles. The van der Waals surface area contributed by atoms with Crippen LogP contribution in [0, 0.1) is 0 Å². The number of aliphatic hydroxyl groups excluding tert-OH is 1. The van der Waals surface area contributed by atoms with Crippen LogP contribution < -0.4 is 15.9 Å². The third kappa shape index (κ3) is 5.85. The second-order valence-corrected chi connectivity index (χ2v) is 21.1. The molecule has 0 radical (unpaired) electrons. The zero-order valence-electron chi connectivity index (χ0n) is 26.7. The quantitative estimate of drug-likeness (QED) is 0.0920. The van der Waals surface area contributed by atoms with Crippen LogP contribution in [0.1, 0.15) is 48.5 Å². The van der Waals surface area contributed by atoms with Gasteiger partial charge in [-0.3, -0.25) is 9.59 Å². The highest BCUT2D eigenvalue weighted by atomic mass is 31.2. The van der Waals surface area contributed by atoms with Crippen molar-refractivity contribution in [2.45, 2.75) is 77.2 Å². The molecule has 0 bridgehead atoms. The molecule has 1 fully saturated rings. The van der Waals surface area contributed by atoms with E-state index in [1.807, 2.05) is 61.5 Å². The summed E-state index contributed by atoms with van der Waals surface area (Å²) in [5, 5.41) is 14.9. The van der Waals surface area contributed by atoms with Crippen molar-refractivity contribution in [2.24, 2.45) is 0 Å². The number of hydrogen-bond acceptors (Lipinski definition) is 4. The molecule has 5 nitrogen and oxygen atoms in total. The van der Waals surface area contributed by atoms with Crippen molar-refractivity contribution in [1.82, 2.24) is 4.90 Å². The minimum Gasteiger partial charge on any atom is -0.507 e. The molecule has 1 N–H and O–H groups in total. The molecule has 0 saturated carbocycles. The van der Waals surface area contributed by atoms with E-state index < -0.39 is 33.3 Å². The van der Waals surface area contributed by atoms with Crippen molar-refractivity contribution in [1.29, 1.82) is 0 Å². The number of allylic oxidation sites excluding steroid dienone is 1. The van der Waals surface area contributed by atoms with Crippen LogP contribution in [0.2, 0.25) is 16.6 Å². The van der Waals surface area contributed by atoms with Crippen molar-refractivity contribution in [2.75, 3.05) is 7.05 Å². The van der Waals surface area contributed by atoms with Crippen LogP contribution in [0.4, 0.5) is 0 Å². The minimum atomic E-state index is -2.63. The van der Waals surface area contributed by atoms with Crippen LogP contribution in [-0.2, 0) is 14.0 Å². The maximum absolute atomic E-state index is 14.1. The number of ketones is 1. The largest absolute Gasteiger partial charge is 0.507 e. The van der Waals surface area contributed by atoms with Gasteiger partial charge < -0.3 is 14.4 Å². The van der Waals surface area contributed by atoms with Crippen LogP contribution in [0.15, 0.2) is 102 Å². The number of likely N-dealkylation sites (tertiary alicyclic amines) is 1. The van der Waals surface area contributed by atoms with Crippen molar-refractivity contribution in [3.05, 3.63) is 102 Å². The van der Waals surface area contributed by atoms with Crippen LogP contribution >= 0.6 is 6.89 Å². The Morgan fingerprint density at radius 1 is 0.744 bits per heavy atom. The highest BCUT2D eigenvalue weighted by molar-refractivity contribution is 7.94. The Morgan fingerprint density at radius 3 is 1.47 bits per heavy atom. The summed E-state index contributed by atoms with van der Waals surface area (Å²) in [6.45, 7) is 12.5. The molecule has 1 saturated heterocycles. The molecular weight excluding hydrogens is 569 g/mol. The number of Topliss-reactive ketones (excluding diaryl/α,β-unsaturated/α-hetero) is 1. The summed E-state index contributed by atoms with van der Waals surface area (Å²) in [5.41, 5.74) is 0.827. The molecule has 0 aromatic heterocycles. The van der Waals surface area contributed by atoms with Gasteiger partial charge in [-0.1, -0.05) is 133 Å². The Balaban J connectivity index is 1.92. The second kappa shape index (κ2) is 13.2. The van der Waals surface area contributed by atoms with Gasteiger partial charge in [0, 0.05) is 7.05 Å². The molecule has 0 spiro atoms. The molecule has 4 rings (SSSR count). The van der Waals surface area contributed by atoms with Gasteiger partial charge in [0.2, 0.25) is 8.32 Å². The molecule has 2 atom stereocenters. The molecule has 1 heterocycles. The SMILES string of the molecule is CC(C)[Si](O[C@H](C)[C@H]1C(=O)/C(=C(\O)C=P(c2ccccc2)(c2ccccc2)c2ccccc2)C(=O)N1C)(C(C)C)C(C)C. The fourth-order valence-electron chi connectivity index (χ4n) is 7.20. The fraction of sp³-hybridized carbons (Fsp3) is 0.361. The average Bonchev–Trinajstić information content (AvgIpc) is 3.22. The lowest BCUT2D eigenvalue weighted by Crippen LogP contribution is -2.54. The first-order valence-corrected chi connectivity index (χ1v) is 19.2. The maximum atomic E-state index is 14.1. The second-order valence-electron chi connectivity index (χ2n) is 12.5. The normalized spacial score (nSPS) is 18.1. The average molecular weight is 616 g/mol. The summed E-state index contributed by atoms with van der Waals surface area (Å²) in [7, 11) is -0.689. The molecule has 1 aliphatic heterocycles. The van der Waals surface area contributed by atoms with E-state index in [1.54, 1.807) is 12.8 Å². The Bertz CT molecular complexity index is 1390. The summed E-state index contributed by atoms with van der Waals surface area (Å²) < 4.78 is 6.95. The number of benzene rings is 3. The molecule has 43 heavy (non-hydrogen) atoms. The standard InChI is InChI=1S/C36H46NO4PSi/c1-25(2)43(26(3)4,27(5)6)41-28(7)34-35(39)33(36(40)37(34)8)32(38)24-42(29-18-12-9-13-19-29,30-20-14-10-15-21-30)31-22-16-11-17-23-31/h9-28,34,38H,1-8H3/b33-32+/t28-,34+/m1/s1. The fourth-order valence-corrected chi connectivity index (χ4v) is 16.6. The van der Waals surface area contributed by atoms with E-state index in [4.69, 9.17) is 4.43 Å². The van der Waals surface area contributed by atoms with E-state index in [1.165, 1.54) is 4.90 Å². The lowest BCUT2D eigenvalue weighted by molar-refractivity contribution is -0.127. The van der Waals surface area contributed by atoms with Gasteiger partial charge in [-0.2, -0.15) is 0 Å². The monoisotopic (exact) mass is 615 g/mol. The summed E-state index contributed by atoms with van der Waals surface area (Å²) in [5.74, 6) is 0.647. The highest BCUT2D eigenvalue weighted by Gasteiger charge is 2.51. The number of aliphatic hydroxyl groups is 1. The predicted octanol–water partition coefficient (Wildman–Crippen LogP) is 6.59. The first-order valence-electron chi connectivity index (χ1n) is 15.2. The molecule has 3 aromatic rings. The zero-order chi connectivity index (χ0) is 31.5. The van der Waals surface area contributed by atoms with E-state index >= 15 is 0 Å². The van der Waals surface area contributed by atoms with Crippen molar-refractivity contribution in [3.8, 4) is 0 Å². The first-order chi connectivity index (χ1) is 20.4. The van der Waals surface area contributed by atoms with Crippen LogP contribution in [0.25, 0.3) is 0 Å². The molecule has 228 valence electrons. The van der Waals surface area contributed by atoms with Crippen LogP contribution in [0.5, 0.6) is 0 Å². The molecule has 7 heteroatoms. The van der Waals surface area contributed by atoms with Crippen molar-refractivity contribution < 1.29 is 19.1 Å². The molecule has 0 unspecified atom stereocenters. The number of carbonyl (C=O) groups excluding carboxylic acids is 2. The number of hydrogen-bond donors (Lipinski definition) is 1. The lowest BCUT2D eigenvalue weighted by atomic mass is 10.1. The number of amides is 1. The Hall–Kier alpha value is -3.18. The summed E-state index contributed by atoms with van der Waals surface area (Å²) in [4.78, 5) is 29.4. The Kier molecular flexibility index (Phi) is 10.1. The smallest absolute Gasteiger partial charge is 0.261 e. The van der Waals surface area contributed by atoms with E-state index in [2.05, 4.69) is 77.9 Å². The number of likely N-dealkylation sites (N-methyl/N-ethyl adjacent to an activating group) is 1. The number of carbonyl (C=O) groups is 2. The van der Waals surface area contributed by atoms with Crippen molar-refractivity contribution >= 4 is 48.6 Å². The molecule has 1 amide bonds. The lowest BCUT2D eigenvalue weighted by Gasteiger charge is -2.45. The van der Waals surface area contributed by atoms with Gasteiger partial charge in [-0.15, -0.1) is 0 Å². The van der Waals surface area contributed by atoms with Crippen molar-refractivity contribution in [3.63, 3.8) is 0 Å². The topological polar surface area (TPSA) is 66.8 Å². The van der Waals surface area contributed by atoms with E-state index in [0.29, 0.717) is 16.6 Å². The van der Waals surface area contributed by atoms with Gasteiger partial charge >= 0.3 is 0 Å². The predicted molar refractivity (Wildman–Crippen MR) is 184 cm³/mol. The maximum Gasteiger partial charge on any atom is 0.261 e. The van der Waals surface area contributed by atoms with Gasteiger partial charge in [-0.25, -0.2) is 0 Å². The summed E-state index contributed by atoms with van der Waals surface area (Å²) in [6.07, 6.45) is -0.512. The third-order valence-electron chi connectivity index (χ3n) is 9.07. The molecule has 0 aliphatic carbocycles. The van der Waals surface area contributed by atoms with E-state index in [-0.39, 0.29) is 17.1 Å². The van der Waals surface area contributed by atoms with Gasteiger partial charge in [0.25, 0.3) is 5.91 Å². The molecular formula is C36H46NO4PSi. The first kappa shape index (κ1) is 32.7. The van der Waals surface area contributed by atoms with Gasteiger partial charge in [-0.05, 0) is 52.1 Å². The van der Waals surface area contributed by atoms with Gasteiger partial charge in [0.1, 0.15) is 17.4 Å². The van der Waals surface area contributed by atoms with E-state index in [9.17, 15) is 14.7 Å². The van der Waals surface area contributed by atoms with Gasteiger partial charge in [0.15, 0.2) is 5.78 Å². The Morgan fingerprint density at radius 2 is 1.12 bits per heavy atom. The minimum absolute atomic E-state index is 0.166. The summed E-state index contributed by atoms with van der Waals surface area (Å²) >= 11 is 0. The third-order valence-corrected chi connectivity index (χ3v) is 19.2.